The highest BCUT2D eigenvalue weighted by Crippen LogP contribution is 2.28. The number of hydrogen-bond acceptors (Lipinski definition) is 6. The number of hydrogen-bond donors (Lipinski definition) is 0. The molecule has 1 atom stereocenters. The molecule has 0 aliphatic carbocycles. The van der Waals surface area contributed by atoms with Crippen molar-refractivity contribution in [1.29, 1.82) is 0 Å². The summed E-state index contributed by atoms with van der Waals surface area (Å²) in [5.74, 6) is -0.108. The van der Waals surface area contributed by atoms with Crippen LogP contribution in [-0.4, -0.2) is 52.7 Å². The maximum Gasteiger partial charge on any atom is 0.434 e. The summed E-state index contributed by atoms with van der Waals surface area (Å²) in [5, 5.41) is 3.99. The molecule has 2 heterocycles. The van der Waals surface area contributed by atoms with Gasteiger partial charge in [-0.1, -0.05) is 48.5 Å². The maximum atomic E-state index is 13.4. The minimum atomic E-state index is -0.561. The highest BCUT2D eigenvalue weighted by molar-refractivity contribution is 7.13. The Morgan fingerprint density at radius 3 is 2.62 bits per heavy atom. The van der Waals surface area contributed by atoms with Gasteiger partial charge in [0.05, 0.1) is 6.54 Å². The first-order chi connectivity index (χ1) is 15.5. The molecule has 1 aromatic heterocycles. The number of hydroxylamine groups is 2. The van der Waals surface area contributed by atoms with E-state index in [9.17, 15) is 9.59 Å². The van der Waals surface area contributed by atoms with Crippen LogP contribution in [0.4, 0.5) is 4.79 Å². The van der Waals surface area contributed by atoms with Crippen molar-refractivity contribution in [3.8, 4) is 10.6 Å². The molecule has 0 radical (unpaired) electrons. The van der Waals surface area contributed by atoms with Crippen molar-refractivity contribution in [2.24, 2.45) is 0 Å². The van der Waals surface area contributed by atoms with Gasteiger partial charge in [0, 0.05) is 35.3 Å². The lowest BCUT2D eigenvalue weighted by Crippen LogP contribution is -2.37. The molecule has 0 spiro atoms. The molecule has 32 heavy (non-hydrogen) atoms. The molecule has 2 amide bonds. The predicted octanol–water partition coefficient (Wildman–Crippen LogP) is 4.53. The Morgan fingerprint density at radius 1 is 1.12 bits per heavy atom. The molecule has 1 saturated heterocycles. The van der Waals surface area contributed by atoms with Crippen LogP contribution in [0.5, 0.6) is 0 Å². The van der Waals surface area contributed by atoms with Crippen molar-refractivity contribution >= 4 is 23.3 Å². The fraction of sp³-hybridized carbons (Fsp3) is 0.292. The molecular formula is C24H25N3O4S. The SMILES string of the molecule is Cc1csc(-c2ccccc2C(=O)N2CCN(C(=O)OCc3ccccc3)O[C@@H](C)C2)n1. The van der Waals surface area contributed by atoms with Crippen molar-refractivity contribution < 1.29 is 19.2 Å². The van der Waals surface area contributed by atoms with Crippen LogP contribution in [0.3, 0.4) is 0 Å². The number of benzene rings is 2. The Hall–Kier alpha value is -3.23. The smallest absolute Gasteiger partial charge is 0.434 e. The Labute approximate surface area is 191 Å². The summed E-state index contributed by atoms with van der Waals surface area (Å²) in [6.07, 6.45) is -0.923. The number of aryl methyl sites for hydroxylation is 1. The molecular weight excluding hydrogens is 426 g/mol. The lowest BCUT2D eigenvalue weighted by molar-refractivity contribution is -0.159. The topological polar surface area (TPSA) is 72.0 Å². The minimum Gasteiger partial charge on any atom is -0.443 e. The van der Waals surface area contributed by atoms with E-state index in [0.29, 0.717) is 18.7 Å². The summed E-state index contributed by atoms with van der Waals surface area (Å²) < 4.78 is 5.38. The zero-order valence-electron chi connectivity index (χ0n) is 18.1. The molecule has 1 fully saturated rings. The van der Waals surface area contributed by atoms with E-state index in [2.05, 4.69) is 4.98 Å². The predicted molar refractivity (Wildman–Crippen MR) is 122 cm³/mol. The van der Waals surface area contributed by atoms with Gasteiger partial charge in [-0.25, -0.2) is 9.78 Å². The van der Waals surface area contributed by atoms with Gasteiger partial charge in [0.1, 0.15) is 17.7 Å². The van der Waals surface area contributed by atoms with Crippen molar-refractivity contribution in [2.75, 3.05) is 19.6 Å². The average molecular weight is 452 g/mol. The lowest BCUT2D eigenvalue weighted by atomic mass is 10.1. The first kappa shape index (κ1) is 22.0. The molecule has 2 aromatic carbocycles. The molecule has 7 nitrogen and oxygen atoms in total. The summed E-state index contributed by atoms with van der Waals surface area (Å²) >= 11 is 1.52. The van der Waals surface area contributed by atoms with Crippen LogP contribution < -0.4 is 0 Å². The number of amides is 2. The second-order valence-electron chi connectivity index (χ2n) is 7.65. The Bertz CT molecular complexity index is 1090. The van der Waals surface area contributed by atoms with Crippen molar-refractivity contribution in [3.05, 3.63) is 76.8 Å². The summed E-state index contributed by atoms with van der Waals surface area (Å²) in [4.78, 5) is 37.9. The number of thiazole rings is 1. The number of ether oxygens (including phenoxy) is 1. The Morgan fingerprint density at radius 2 is 1.88 bits per heavy atom. The molecule has 0 N–H and O–H groups in total. The molecule has 0 bridgehead atoms. The van der Waals surface area contributed by atoms with Gasteiger partial charge in [0.2, 0.25) is 0 Å². The van der Waals surface area contributed by atoms with E-state index in [1.807, 2.05) is 73.8 Å². The van der Waals surface area contributed by atoms with E-state index >= 15 is 0 Å². The second-order valence-corrected chi connectivity index (χ2v) is 8.51. The summed E-state index contributed by atoms with van der Waals surface area (Å²) in [5.41, 5.74) is 3.23. The molecule has 166 valence electrons. The van der Waals surface area contributed by atoms with Gasteiger partial charge in [0.25, 0.3) is 5.91 Å². The van der Waals surface area contributed by atoms with Gasteiger partial charge in [-0.3, -0.25) is 9.63 Å². The van der Waals surface area contributed by atoms with Crippen LogP contribution in [0.25, 0.3) is 10.6 Å². The summed E-state index contributed by atoms with van der Waals surface area (Å²) in [6, 6.07) is 17.0. The third kappa shape index (κ3) is 5.15. The summed E-state index contributed by atoms with van der Waals surface area (Å²) in [6.45, 7) is 4.86. The van der Waals surface area contributed by atoms with Gasteiger partial charge >= 0.3 is 6.09 Å². The van der Waals surface area contributed by atoms with E-state index < -0.39 is 6.09 Å². The van der Waals surface area contributed by atoms with E-state index in [1.54, 1.807) is 4.90 Å². The molecule has 0 unspecified atom stereocenters. The highest BCUT2D eigenvalue weighted by Gasteiger charge is 2.29. The lowest BCUT2D eigenvalue weighted by Gasteiger charge is -2.22. The van der Waals surface area contributed by atoms with Crippen LogP contribution in [0.15, 0.2) is 60.0 Å². The third-order valence-corrected chi connectivity index (χ3v) is 6.05. The number of rotatable bonds is 4. The van der Waals surface area contributed by atoms with E-state index in [-0.39, 0.29) is 25.2 Å². The van der Waals surface area contributed by atoms with Crippen LogP contribution in [0, 0.1) is 6.92 Å². The van der Waals surface area contributed by atoms with E-state index in [4.69, 9.17) is 9.57 Å². The van der Waals surface area contributed by atoms with E-state index in [1.165, 1.54) is 16.4 Å². The van der Waals surface area contributed by atoms with Crippen LogP contribution in [-0.2, 0) is 16.2 Å². The molecule has 3 aromatic rings. The quantitative estimate of drug-likeness (QED) is 0.583. The number of nitrogens with zero attached hydrogens (tertiary/aromatic N) is 3. The first-order valence-electron chi connectivity index (χ1n) is 10.5. The summed E-state index contributed by atoms with van der Waals surface area (Å²) in [7, 11) is 0. The third-order valence-electron chi connectivity index (χ3n) is 5.06. The maximum absolute atomic E-state index is 13.4. The van der Waals surface area contributed by atoms with Crippen molar-refractivity contribution in [2.45, 2.75) is 26.6 Å². The average Bonchev–Trinajstić information content (AvgIpc) is 3.15. The number of carbonyl (C=O) groups excluding carboxylic acids is 2. The largest absolute Gasteiger partial charge is 0.443 e. The van der Waals surface area contributed by atoms with Gasteiger partial charge < -0.3 is 9.64 Å². The zero-order chi connectivity index (χ0) is 22.5. The monoisotopic (exact) mass is 451 g/mol. The normalized spacial score (nSPS) is 16.5. The van der Waals surface area contributed by atoms with Gasteiger partial charge in [-0.05, 0) is 25.5 Å². The molecule has 4 rings (SSSR count). The first-order valence-corrected chi connectivity index (χ1v) is 11.3. The van der Waals surface area contributed by atoms with Crippen LogP contribution >= 0.6 is 11.3 Å². The number of carbonyl (C=O) groups is 2. The fourth-order valence-electron chi connectivity index (χ4n) is 3.53. The van der Waals surface area contributed by atoms with E-state index in [0.717, 1.165) is 21.8 Å². The fourth-order valence-corrected chi connectivity index (χ4v) is 4.37. The van der Waals surface area contributed by atoms with Crippen molar-refractivity contribution in [1.82, 2.24) is 14.9 Å². The molecule has 1 aliphatic rings. The van der Waals surface area contributed by atoms with Gasteiger partial charge in [0.15, 0.2) is 0 Å². The van der Waals surface area contributed by atoms with Gasteiger partial charge in [-0.15, -0.1) is 11.3 Å². The van der Waals surface area contributed by atoms with Crippen LogP contribution in [0.2, 0.25) is 0 Å². The second kappa shape index (κ2) is 9.93. The highest BCUT2D eigenvalue weighted by atomic mass is 32.1. The number of aromatic nitrogens is 1. The standard InChI is InChI=1S/C24H25N3O4S/c1-17-16-32-22(25-17)20-10-6-7-11-21(20)23(28)26-12-13-27(31-18(2)14-26)24(29)30-15-19-8-4-3-5-9-19/h3-11,16,18H,12-15H2,1-2H3/t18-/m0/s1. The minimum absolute atomic E-state index is 0.108. The molecule has 1 aliphatic heterocycles. The Balaban J connectivity index is 1.44. The zero-order valence-corrected chi connectivity index (χ0v) is 18.9. The molecule has 8 heteroatoms. The molecule has 0 saturated carbocycles. The van der Waals surface area contributed by atoms with Crippen molar-refractivity contribution in [3.63, 3.8) is 0 Å². The van der Waals surface area contributed by atoms with Gasteiger partial charge in [-0.2, -0.15) is 5.06 Å². The Kier molecular flexibility index (Phi) is 6.82. The van der Waals surface area contributed by atoms with Crippen LogP contribution in [0.1, 0.15) is 28.5 Å².